The number of nitrogens with one attached hydrogen (secondary N) is 1. The molecule has 4 rings (SSSR count). The largest absolute Gasteiger partial charge is 0.490 e. The van der Waals surface area contributed by atoms with Crippen LogP contribution in [0.3, 0.4) is 0 Å². The van der Waals surface area contributed by atoms with E-state index in [-0.39, 0.29) is 28.1 Å². The van der Waals surface area contributed by atoms with Crippen LogP contribution in [0.1, 0.15) is 51.0 Å². The number of rotatable bonds is 12. The van der Waals surface area contributed by atoms with Crippen molar-refractivity contribution < 1.29 is 14.3 Å². The van der Waals surface area contributed by atoms with Gasteiger partial charge in [0.25, 0.3) is 5.91 Å². The van der Waals surface area contributed by atoms with Gasteiger partial charge in [0.15, 0.2) is 11.6 Å². The Hall–Kier alpha value is -2.81. The van der Waals surface area contributed by atoms with Crippen molar-refractivity contribution in [2.24, 2.45) is 10.1 Å². The molecule has 0 aromatic heterocycles. The lowest BCUT2D eigenvalue weighted by Crippen LogP contribution is -2.35. The van der Waals surface area contributed by atoms with Crippen molar-refractivity contribution in [2.45, 2.75) is 45.4 Å². The molecule has 37 heavy (non-hydrogen) atoms. The molecule has 2 aromatic carbocycles. The van der Waals surface area contributed by atoms with Crippen molar-refractivity contribution >= 4 is 63.0 Å². The number of aliphatic imine (C=N–C) groups is 1. The van der Waals surface area contributed by atoms with Crippen molar-refractivity contribution in [3.05, 3.63) is 63.6 Å². The number of fused-ring (bicyclic) bond motifs is 1. The van der Waals surface area contributed by atoms with Gasteiger partial charge in [0.1, 0.15) is 24.0 Å². The normalized spacial score (nSPS) is 16.1. The second-order valence-corrected chi connectivity index (χ2v) is 10.4. The van der Waals surface area contributed by atoms with E-state index in [0.29, 0.717) is 23.1 Å². The lowest BCUT2D eigenvalue weighted by Gasteiger charge is -2.20. The average Bonchev–Trinajstić information content (AvgIpc) is 3.29. The lowest BCUT2D eigenvalue weighted by atomic mass is 10.1. The Balaban J connectivity index is 1.39. The Bertz CT molecular complexity index is 1220. The van der Waals surface area contributed by atoms with Crippen LogP contribution in [0.25, 0.3) is 6.08 Å². The number of ether oxygens (including phenoxy) is 2. The zero-order valence-electron chi connectivity index (χ0n) is 20.5. The van der Waals surface area contributed by atoms with E-state index in [1.807, 2.05) is 30.3 Å². The molecule has 0 unspecified atom stereocenters. The van der Waals surface area contributed by atoms with Crippen LogP contribution in [-0.4, -0.2) is 40.2 Å². The van der Waals surface area contributed by atoms with Crippen LogP contribution in [-0.2, 0) is 4.79 Å². The molecule has 10 heteroatoms. The summed E-state index contributed by atoms with van der Waals surface area (Å²) in [5.41, 5.74) is 0.677. The molecule has 0 radical (unpaired) electrons. The third kappa shape index (κ3) is 7.15. The minimum atomic E-state index is -0.492. The molecule has 2 aromatic rings. The molecule has 1 amide bonds. The minimum absolute atomic E-state index is 0.0193. The highest BCUT2D eigenvalue weighted by molar-refractivity contribution is 8.26. The predicted octanol–water partition coefficient (Wildman–Crippen LogP) is 7.43. The van der Waals surface area contributed by atoms with Crippen LogP contribution in [0.2, 0.25) is 10.0 Å². The van der Waals surface area contributed by atoms with Gasteiger partial charge in [-0.2, -0.15) is 15.1 Å². The first kappa shape index (κ1) is 27.2. The molecule has 194 valence electrons. The SMILES string of the molecule is CCCCCCCC1=NN2C(=N)/C(=C/c3cc(Cl)c(OCCOc4ccccc4)c(Cl)c3)C(=O)N=C2S1. The summed E-state index contributed by atoms with van der Waals surface area (Å²) in [5.74, 6) is 0.565. The Morgan fingerprint density at radius 3 is 2.46 bits per heavy atom. The summed E-state index contributed by atoms with van der Waals surface area (Å²) >= 11 is 14.2. The minimum Gasteiger partial charge on any atom is -0.490 e. The third-order valence-corrected chi connectivity index (χ3v) is 7.19. The van der Waals surface area contributed by atoms with Gasteiger partial charge >= 0.3 is 0 Å². The number of hydrogen-bond donors (Lipinski definition) is 1. The molecule has 0 fully saturated rings. The van der Waals surface area contributed by atoms with Gasteiger partial charge in [-0.1, -0.05) is 74.0 Å². The van der Waals surface area contributed by atoms with Gasteiger partial charge in [-0.25, -0.2) is 0 Å². The van der Waals surface area contributed by atoms with Crippen LogP contribution in [0, 0.1) is 5.41 Å². The third-order valence-electron chi connectivity index (χ3n) is 5.66. The highest BCUT2D eigenvalue weighted by Gasteiger charge is 2.35. The van der Waals surface area contributed by atoms with Crippen LogP contribution in [0.4, 0.5) is 0 Å². The fourth-order valence-electron chi connectivity index (χ4n) is 3.80. The smallest absolute Gasteiger partial charge is 0.283 e. The second kappa shape index (κ2) is 13.1. The number of thioether (sulfide) groups is 1. The molecule has 2 aliphatic heterocycles. The van der Waals surface area contributed by atoms with Gasteiger partial charge in [-0.15, -0.1) is 0 Å². The van der Waals surface area contributed by atoms with Gasteiger partial charge in [-0.3, -0.25) is 10.2 Å². The molecular weight excluding hydrogens is 531 g/mol. The van der Waals surface area contributed by atoms with Crippen molar-refractivity contribution in [1.82, 2.24) is 5.01 Å². The first-order valence-electron chi connectivity index (χ1n) is 12.2. The van der Waals surface area contributed by atoms with Crippen molar-refractivity contribution in [3.63, 3.8) is 0 Å². The Labute approximate surface area is 231 Å². The molecule has 0 bridgehead atoms. The number of unbranched alkanes of at least 4 members (excludes halogenated alkanes) is 4. The van der Waals surface area contributed by atoms with E-state index in [9.17, 15) is 4.79 Å². The maximum Gasteiger partial charge on any atom is 0.283 e. The highest BCUT2D eigenvalue weighted by atomic mass is 35.5. The summed E-state index contributed by atoms with van der Waals surface area (Å²) < 4.78 is 11.4. The van der Waals surface area contributed by atoms with Gasteiger partial charge in [0.05, 0.1) is 15.6 Å². The summed E-state index contributed by atoms with van der Waals surface area (Å²) in [4.78, 5) is 16.9. The van der Waals surface area contributed by atoms with E-state index < -0.39 is 5.91 Å². The molecule has 0 aliphatic carbocycles. The van der Waals surface area contributed by atoms with Crippen LogP contribution in [0.5, 0.6) is 11.5 Å². The van der Waals surface area contributed by atoms with Crippen molar-refractivity contribution in [3.8, 4) is 11.5 Å². The number of hydrazone groups is 1. The maximum absolute atomic E-state index is 12.7. The highest BCUT2D eigenvalue weighted by Crippen LogP contribution is 2.36. The quantitative estimate of drug-likeness (QED) is 0.216. The number of halogens is 2. The first-order chi connectivity index (χ1) is 18.0. The summed E-state index contributed by atoms with van der Waals surface area (Å²) in [6.07, 6.45) is 8.17. The molecule has 2 heterocycles. The maximum atomic E-state index is 12.7. The summed E-state index contributed by atoms with van der Waals surface area (Å²) in [5, 5.41) is 16.4. The molecule has 0 saturated carbocycles. The number of carbonyl (C=O) groups excluding carboxylic acids is 1. The zero-order chi connectivity index (χ0) is 26.2. The van der Waals surface area contributed by atoms with E-state index in [1.54, 1.807) is 18.2 Å². The van der Waals surface area contributed by atoms with E-state index in [1.165, 1.54) is 36.0 Å². The topological polar surface area (TPSA) is 87.3 Å². The fourth-order valence-corrected chi connectivity index (χ4v) is 5.34. The van der Waals surface area contributed by atoms with Crippen LogP contribution >= 0.6 is 35.0 Å². The van der Waals surface area contributed by atoms with Crippen LogP contribution in [0.15, 0.2) is 58.1 Å². The predicted molar refractivity (Wildman–Crippen MR) is 152 cm³/mol. The van der Waals surface area contributed by atoms with Crippen molar-refractivity contribution in [2.75, 3.05) is 13.2 Å². The van der Waals surface area contributed by atoms with E-state index in [2.05, 4.69) is 17.0 Å². The van der Waals surface area contributed by atoms with Gasteiger partial charge < -0.3 is 9.47 Å². The van der Waals surface area contributed by atoms with Crippen LogP contribution < -0.4 is 9.47 Å². The Morgan fingerprint density at radius 1 is 1.03 bits per heavy atom. The second-order valence-electron chi connectivity index (χ2n) is 8.50. The molecule has 0 atom stereocenters. The van der Waals surface area contributed by atoms with E-state index in [4.69, 9.17) is 38.1 Å². The first-order valence-corrected chi connectivity index (χ1v) is 13.8. The van der Waals surface area contributed by atoms with Gasteiger partial charge in [0.2, 0.25) is 5.17 Å². The number of hydrogen-bond acceptors (Lipinski definition) is 6. The molecule has 0 saturated heterocycles. The number of para-hydroxylation sites is 1. The monoisotopic (exact) mass is 558 g/mol. The number of benzene rings is 2. The fraction of sp³-hybridized carbons (Fsp3) is 0.333. The summed E-state index contributed by atoms with van der Waals surface area (Å²) in [6, 6.07) is 12.7. The molecular formula is C27H28Cl2N4O3S. The van der Waals surface area contributed by atoms with E-state index in [0.717, 1.165) is 30.1 Å². The summed E-state index contributed by atoms with van der Waals surface area (Å²) in [7, 11) is 0. The Morgan fingerprint density at radius 2 is 1.73 bits per heavy atom. The number of amidine groups is 2. The molecule has 2 aliphatic rings. The molecule has 0 spiro atoms. The van der Waals surface area contributed by atoms with Crippen molar-refractivity contribution in [1.29, 1.82) is 5.41 Å². The van der Waals surface area contributed by atoms with Gasteiger partial charge in [-0.05, 0) is 60.5 Å². The number of nitrogens with zero attached hydrogens (tertiary/aromatic N) is 3. The average molecular weight is 560 g/mol. The summed E-state index contributed by atoms with van der Waals surface area (Å²) in [6.45, 7) is 2.76. The lowest BCUT2D eigenvalue weighted by molar-refractivity contribution is -0.114. The Kier molecular flexibility index (Phi) is 9.66. The van der Waals surface area contributed by atoms with E-state index >= 15 is 0 Å². The zero-order valence-corrected chi connectivity index (χ0v) is 22.8. The number of amides is 1. The standard InChI is InChI=1S/C27H28Cl2N4O3S/c1-2-3-4-5-9-12-23-32-33-25(30)20(26(34)31-27(33)37-23)15-18-16-21(28)24(22(29)17-18)36-14-13-35-19-10-7-6-8-11-19/h6-8,10-11,15-17,30H,2-5,9,12-14H2,1H3/b20-15-,30-25?. The number of carbonyl (C=O) groups is 1. The molecule has 1 N–H and O–H groups in total. The molecule has 7 nitrogen and oxygen atoms in total. The van der Waals surface area contributed by atoms with Gasteiger partial charge in [0, 0.05) is 0 Å².